The fraction of sp³-hybridized carbons (Fsp3) is 0.556. The van der Waals surface area contributed by atoms with E-state index in [0.29, 0.717) is 40.0 Å². The van der Waals surface area contributed by atoms with E-state index in [-0.39, 0.29) is 28.1 Å². The maximum atomic E-state index is 12.6. The molecule has 0 unspecified atom stereocenters. The van der Waals surface area contributed by atoms with Crippen LogP contribution in [0.1, 0.15) is 52.4 Å². The molecule has 0 bridgehead atoms. The maximum Gasteiger partial charge on any atom is -0.287 e. The summed E-state index contributed by atoms with van der Waals surface area (Å²) in [5, 5.41) is 8.77. The molecule has 2 aromatic carbocycles. The van der Waals surface area contributed by atoms with Gasteiger partial charge in [-0.25, -0.2) is 16.8 Å². The first-order chi connectivity index (χ1) is 22.9. The molecule has 1 N–H and O–H groups in total. The Balaban J connectivity index is 0. The fourth-order valence-corrected chi connectivity index (χ4v) is 9.38. The second kappa shape index (κ2) is 31.2. The van der Waals surface area contributed by atoms with Crippen molar-refractivity contribution in [3.05, 3.63) is 60.7 Å². The minimum absolute atomic E-state index is 0.0296. The number of aliphatic hydroxyl groups is 1. The zero-order valence-electron chi connectivity index (χ0n) is 26.4. The molecule has 0 radical (unpaired) electrons. The van der Waals surface area contributed by atoms with E-state index in [1.54, 1.807) is 103 Å². The van der Waals surface area contributed by atoms with Crippen molar-refractivity contribution in [1.82, 2.24) is 0 Å². The minimum atomic E-state index is -3.59. The van der Waals surface area contributed by atoms with Crippen LogP contribution in [0.5, 0.6) is 0 Å². The van der Waals surface area contributed by atoms with Gasteiger partial charge in [0.25, 0.3) is 10.1 Å². The summed E-state index contributed by atoms with van der Waals surface area (Å²) in [6.45, 7) is 3.86. The molecule has 2 aliphatic carbocycles. The number of sulfone groups is 2. The van der Waals surface area contributed by atoms with E-state index in [2.05, 4.69) is 119 Å². The molecule has 285 valence electrons. The summed E-state index contributed by atoms with van der Waals surface area (Å²) in [6.07, 6.45) is 3.09. The molecule has 0 spiro atoms. The Labute approximate surface area is 396 Å². The van der Waals surface area contributed by atoms with E-state index in [4.69, 9.17) is 4.18 Å². The summed E-state index contributed by atoms with van der Waals surface area (Å²) in [4.78, 5) is 0.370. The van der Waals surface area contributed by atoms with Gasteiger partial charge in [-0.05, 0) is 74.6 Å². The van der Waals surface area contributed by atoms with Crippen molar-refractivity contribution in [2.45, 2.75) is 84.9 Å². The quantitative estimate of drug-likeness (QED) is 0.169. The predicted octanol–water partition coefficient (Wildman–Crippen LogP) is 10.2. The van der Waals surface area contributed by atoms with Crippen LogP contribution < -0.4 is 0 Å². The second-order valence-electron chi connectivity index (χ2n) is 10.7. The molecule has 2 saturated carbocycles. The van der Waals surface area contributed by atoms with Crippen LogP contribution in [0, 0.1) is 11.8 Å². The first-order valence-electron chi connectivity index (χ1n) is 14.0. The molecule has 2 fully saturated rings. The van der Waals surface area contributed by atoms with Crippen LogP contribution in [0.3, 0.4) is 0 Å². The Kier molecular flexibility index (Phi) is 35.8. The predicted molar refractivity (Wildman–Crippen MR) is 259 cm³/mol. The van der Waals surface area contributed by atoms with Crippen molar-refractivity contribution >= 4 is 192 Å². The molecule has 8 nitrogen and oxygen atoms in total. The Morgan fingerprint density at radius 2 is 1.02 bits per heavy atom. The van der Waals surface area contributed by atoms with E-state index in [0.717, 1.165) is 12.7 Å². The van der Waals surface area contributed by atoms with Crippen LogP contribution in [-0.2, 0) is 68.0 Å². The summed E-state index contributed by atoms with van der Waals surface area (Å²) in [7, 11) is -1.58. The van der Waals surface area contributed by atoms with Gasteiger partial charge in [0.2, 0.25) is 0 Å². The van der Waals surface area contributed by atoms with Crippen LogP contribution in [0.15, 0.2) is 70.5 Å². The molecular formula is C27H38I7O8S5V2-2. The Hall–Kier alpha value is 5.19. The standard InChI is InChI=1S/C14H20O5S2.C13H18O3S.2IS.5HI.2V/c1-11-8-9-13(10-14(11)19-20(2,15)16)21(17,18)12-6-4-3-5-7-12;1-10-7-8-12(9-13(10)14)17(15,16)11-5-3-2-4-6-11;2*1-2;;;;;;;/h3-7,11,13-14H,8-10H2,1-2H3;2-6,10,12-14H,7-9H2,1H3;;;5*1H;;/q;;2*-1;;;;;;+2;+3/p-5/t11-,13+,14-;10-,12+,13-;;;;;;;;;/m11........./s1. The summed E-state index contributed by atoms with van der Waals surface area (Å²) in [5.41, 5.74) is 0. The molecule has 0 aromatic heterocycles. The van der Waals surface area contributed by atoms with Gasteiger partial charge in [-0.1, -0.05) is 50.2 Å². The molecule has 0 aliphatic heterocycles. The van der Waals surface area contributed by atoms with Gasteiger partial charge >= 0.3 is 114 Å². The first-order valence-corrected chi connectivity index (χ1v) is 47.4. The third-order valence-electron chi connectivity index (χ3n) is 7.50. The minimum Gasteiger partial charge on any atom is -0.713 e. The smallest absolute Gasteiger partial charge is 0.287 e. The van der Waals surface area contributed by atoms with Gasteiger partial charge in [0.05, 0.1) is 38.8 Å². The average molecular weight is 1640 g/mol. The van der Waals surface area contributed by atoms with Crippen molar-refractivity contribution in [1.29, 1.82) is 0 Å². The molecule has 4 rings (SSSR count). The number of halogens is 7. The number of rotatable bonds is 6. The maximum absolute atomic E-state index is 12.6. The zero-order valence-corrected chi connectivity index (χ0v) is 48.3. The summed E-state index contributed by atoms with van der Waals surface area (Å²) >= 11 is 15.6. The van der Waals surface area contributed by atoms with E-state index >= 15 is 0 Å². The molecule has 0 saturated heterocycles. The molecule has 2 aromatic rings. The van der Waals surface area contributed by atoms with Crippen molar-refractivity contribution in [2.24, 2.45) is 11.8 Å². The monoisotopic (exact) mass is 1640 g/mol. The Morgan fingerprint density at radius 1 is 0.694 bits per heavy atom. The molecule has 0 amide bonds. The topological polar surface area (TPSA) is 132 Å². The van der Waals surface area contributed by atoms with E-state index in [9.17, 15) is 30.4 Å². The van der Waals surface area contributed by atoms with Gasteiger partial charge in [-0.2, -0.15) is 8.42 Å². The zero-order chi connectivity index (χ0) is 38.4. The SMILES string of the molecule is C[C@@H]1CC[C@H](S(=O)(=O)c2ccccc2)C[C@H]1O.C[C@@H]1CC[C@H](S(=O)(=O)c2ccccc2)C[C@H]1OS(C)(=O)=O.[I][V]([I])[I].[I][V][I].[S-]I.[S-]I. The number of hydrogen-bond acceptors (Lipinski definition) is 10. The van der Waals surface area contributed by atoms with Gasteiger partial charge in [0.1, 0.15) is 0 Å². The van der Waals surface area contributed by atoms with Crippen LogP contribution in [0.2, 0.25) is 0 Å². The molecule has 49 heavy (non-hydrogen) atoms. The van der Waals surface area contributed by atoms with Crippen molar-refractivity contribution in [2.75, 3.05) is 6.26 Å². The van der Waals surface area contributed by atoms with Crippen LogP contribution in [0.25, 0.3) is 0 Å². The normalized spacial score (nSPS) is 23.5. The average Bonchev–Trinajstić information content (AvgIpc) is 3.06. The van der Waals surface area contributed by atoms with Crippen LogP contribution in [0.4, 0.5) is 0 Å². The fourth-order valence-electron chi connectivity index (χ4n) is 5.03. The van der Waals surface area contributed by atoms with Crippen molar-refractivity contribution < 1.29 is 48.9 Å². The van der Waals surface area contributed by atoms with Gasteiger partial charge in [-0.15, -0.1) is 0 Å². The van der Waals surface area contributed by atoms with Crippen LogP contribution in [-0.4, -0.2) is 59.3 Å². The number of hydrogen-bond donors (Lipinski definition) is 1. The summed E-state index contributed by atoms with van der Waals surface area (Å²) in [5.74, 6) is 0.235. The molecular weight excluding hydrogens is 1600 g/mol. The van der Waals surface area contributed by atoms with Gasteiger partial charge in [-0.3, -0.25) is 46.6 Å². The number of aliphatic hydroxyl groups excluding tert-OH is 1. The van der Waals surface area contributed by atoms with Crippen molar-refractivity contribution in [3.8, 4) is 0 Å². The van der Waals surface area contributed by atoms with E-state index in [1.165, 1.54) is 0 Å². The third-order valence-corrected chi connectivity index (χ3v) is 12.6. The first kappa shape index (κ1) is 56.3. The second-order valence-corrected chi connectivity index (χ2v) is 63.9. The van der Waals surface area contributed by atoms with Gasteiger partial charge in [0.15, 0.2) is 19.7 Å². The molecule has 0 heterocycles. The third kappa shape index (κ3) is 24.0. The Morgan fingerprint density at radius 3 is 1.35 bits per heavy atom. The molecule has 6 atom stereocenters. The van der Waals surface area contributed by atoms with E-state index in [1.807, 2.05) is 13.8 Å². The van der Waals surface area contributed by atoms with Crippen molar-refractivity contribution in [3.63, 3.8) is 0 Å². The van der Waals surface area contributed by atoms with Gasteiger partial charge < -0.3 is 24.7 Å². The largest absolute Gasteiger partial charge is 0.713 e. The van der Waals surface area contributed by atoms with Gasteiger partial charge in [0, 0.05) is 0 Å². The molecule has 2 aliphatic rings. The summed E-state index contributed by atoms with van der Waals surface area (Å²) in [6, 6.07) is 16.8. The van der Waals surface area contributed by atoms with Crippen LogP contribution >= 0.6 is 142 Å². The van der Waals surface area contributed by atoms with E-state index < -0.39 is 52.5 Å². The molecule has 22 heteroatoms. The summed E-state index contributed by atoms with van der Waals surface area (Å²) < 4.78 is 77.5. The Bertz CT molecular complexity index is 1470. The number of benzene rings is 2.